The molecule has 0 aliphatic carbocycles. The molecule has 4 heteroatoms. The number of ether oxygens (including phenoxy) is 1. The largest absolute Gasteiger partial charge is 0.381 e. The summed E-state index contributed by atoms with van der Waals surface area (Å²) in [6.45, 7) is 2.36. The molecule has 0 atom stereocenters. The Morgan fingerprint density at radius 2 is 2.15 bits per heavy atom. The smallest absolute Gasteiger partial charge is 0.123 e. The molecule has 1 aliphatic rings. The van der Waals surface area contributed by atoms with Gasteiger partial charge in [0.1, 0.15) is 6.61 Å². The van der Waals surface area contributed by atoms with Gasteiger partial charge in [0, 0.05) is 40.8 Å². The second kappa shape index (κ2) is 7.92. The molecule has 74 valence electrons. The standard InChI is InChI=1S/C9H13IO2S/c10-13-12-6-2-1-3-9-4-7-11-8-5-9/h9H,3-8H2. The van der Waals surface area contributed by atoms with Crippen LogP contribution in [0.15, 0.2) is 0 Å². The third-order valence-corrected chi connectivity index (χ3v) is 3.00. The van der Waals surface area contributed by atoms with E-state index in [9.17, 15) is 0 Å². The minimum atomic E-state index is 0.539. The fourth-order valence-corrected chi connectivity index (χ4v) is 1.75. The van der Waals surface area contributed by atoms with Crippen molar-refractivity contribution in [2.24, 2.45) is 5.92 Å². The Kier molecular flexibility index (Phi) is 7.09. The van der Waals surface area contributed by atoms with Gasteiger partial charge in [0.05, 0.1) is 9.21 Å². The van der Waals surface area contributed by atoms with E-state index in [0.29, 0.717) is 6.61 Å². The molecule has 0 aromatic heterocycles. The van der Waals surface area contributed by atoms with Crippen molar-refractivity contribution in [2.45, 2.75) is 19.3 Å². The summed E-state index contributed by atoms with van der Waals surface area (Å²) in [5, 5.41) is 0. The Hall–Kier alpha value is 0.560. The molecule has 0 radical (unpaired) electrons. The molecule has 0 amide bonds. The van der Waals surface area contributed by atoms with Crippen LogP contribution < -0.4 is 0 Å². The van der Waals surface area contributed by atoms with Crippen LogP contribution in [0.4, 0.5) is 0 Å². The summed E-state index contributed by atoms with van der Waals surface area (Å²) in [5.74, 6) is 6.88. The van der Waals surface area contributed by atoms with E-state index in [1.54, 1.807) is 0 Å². The molecule has 0 aromatic rings. The Balaban J connectivity index is 2.04. The van der Waals surface area contributed by atoms with E-state index in [2.05, 4.69) is 33.0 Å². The molecule has 2 nitrogen and oxygen atoms in total. The highest BCUT2D eigenvalue weighted by Gasteiger charge is 2.11. The second-order valence-electron chi connectivity index (χ2n) is 2.94. The third-order valence-electron chi connectivity index (χ3n) is 2.03. The second-order valence-corrected chi connectivity index (χ2v) is 4.38. The molecule has 13 heavy (non-hydrogen) atoms. The van der Waals surface area contributed by atoms with Crippen molar-refractivity contribution >= 4 is 30.4 Å². The summed E-state index contributed by atoms with van der Waals surface area (Å²) >= 11 is 2.09. The Morgan fingerprint density at radius 3 is 2.85 bits per heavy atom. The van der Waals surface area contributed by atoms with E-state index in [0.717, 1.165) is 38.4 Å². The van der Waals surface area contributed by atoms with Crippen molar-refractivity contribution in [1.82, 2.24) is 0 Å². The normalized spacial score (nSPS) is 17.9. The van der Waals surface area contributed by atoms with Crippen molar-refractivity contribution in [3.8, 4) is 11.8 Å². The first-order valence-corrected chi connectivity index (χ1v) is 7.65. The Bertz CT molecular complexity index is 182. The zero-order chi connectivity index (χ0) is 9.36. The third kappa shape index (κ3) is 5.78. The molecule has 1 saturated heterocycles. The minimum Gasteiger partial charge on any atom is -0.381 e. The van der Waals surface area contributed by atoms with Crippen LogP contribution in [0.2, 0.25) is 0 Å². The first kappa shape index (κ1) is 11.6. The monoisotopic (exact) mass is 312 g/mol. The lowest BCUT2D eigenvalue weighted by Crippen LogP contribution is -2.14. The summed E-state index contributed by atoms with van der Waals surface area (Å²) in [5.41, 5.74) is 0. The predicted molar refractivity (Wildman–Crippen MR) is 63.5 cm³/mol. The highest BCUT2D eigenvalue weighted by Crippen LogP contribution is 2.17. The molecule has 1 rings (SSSR count). The lowest BCUT2D eigenvalue weighted by atomic mass is 9.97. The molecular weight excluding hydrogens is 299 g/mol. The Labute approximate surface area is 95.9 Å². The molecule has 0 N–H and O–H groups in total. The molecule has 0 unspecified atom stereocenters. The molecule has 0 spiro atoms. The van der Waals surface area contributed by atoms with Gasteiger partial charge in [-0.05, 0) is 18.8 Å². The molecule has 0 bridgehead atoms. The van der Waals surface area contributed by atoms with E-state index in [4.69, 9.17) is 8.92 Å². The topological polar surface area (TPSA) is 18.5 Å². The average Bonchev–Trinajstić information content (AvgIpc) is 2.19. The van der Waals surface area contributed by atoms with Gasteiger partial charge in [-0.15, -0.1) is 5.92 Å². The van der Waals surface area contributed by atoms with E-state index in [1.807, 2.05) is 0 Å². The van der Waals surface area contributed by atoms with E-state index < -0.39 is 0 Å². The average molecular weight is 312 g/mol. The van der Waals surface area contributed by atoms with Crippen LogP contribution >= 0.6 is 30.4 Å². The van der Waals surface area contributed by atoms with E-state index >= 15 is 0 Å². The van der Waals surface area contributed by atoms with Crippen molar-refractivity contribution in [2.75, 3.05) is 19.8 Å². The quantitative estimate of drug-likeness (QED) is 0.345. The van der Waals surface area contributed by atoms with Gasteiger partial charge in [0.2, 0.25) is 0 Å². The zero-order valence-electron chi connectivity index (χ0n) is 7.42. The van der Waals surface area contributed by atoms with Gasteiger partial charge < -0.3 is 4.74 Å². The van der Waals surface area contributed by atoms with Crippen LogP contribution in [0, 0.1) is 17.8 Å². The summed E-state index contributed by atoms with van der Waals surface area (Å²) in [7, 11) is 1.34. The van der Waals surface area contributed by atoms with Crippen LogP contribution in [-0.2, 0) is 8.92 Å². The van der Waals surface area contributed by atoms with Crippen LogP contribution in [0.1, 0.15) is 19.3 Å². The summed E-state index contributed by atoms with van der Waals surface area (Å²) in [6.07, 6.45) is 3.33. The highest BCUT2D eigenvalue weighted by molar-refractivity contribution is 14.2. The number of hydrogen-bond donors (Lipinski definition) is 0. The fourth-order valence-electron chi connectivity index (χ4n) is 1.27. The maximum absolute atomic E-state index is 5.27. The minimum absolute atomic E-state index is 0.539. The molecule has 0 saturated carbocycles. The molecule has 1 aliphatic heterocycles. The number of halogens is 1. The van der Waals surface area contributed by atoms with Gasteiger partial charge in [0.25, 0.3) is 0 Å². The van der Waals surface area contributed by atoms with Crippen LogP contribution in [0.5, 0.6) is 0 Å². The van der Waals surface area contributed by atoms with Crippen LogP contribution in [0.25, 0.3) is 0 Å². The van der Waals surface area contributed by atoms with Crippen molar-refractivity contribution in [1.29, 1.82) is 0 Å². The lowest BCUT2D eigenvalue weighted by molar-refractivity contribution is 0.0678. The predicted octanol–water partition coefficient (Wildman–Crippen LogP) is 2.82. The maximum Gasteiger partial charge on any atom is 0.123 e. The van der Waals surface area contributed by atoms with E-state index in [-0.39, 0.29) is 0 Å². The van der Waals surface area contributed by atoms with Gasteiger partial charge in [-0.2, -0.15) is 0 Å². The zero-order valence-corrected chi connectivity index (χ0v) is 10.4. The Morgan fingerprint density at radius 1 is 1.38 bits per heavy atom. The van der Waals surface area contributed by atoms with Crippen molar-refractivity contribution in [3.63, 3.8) is 0 Å². The SMILES string of the molecule is ISOCC#CCC1CCOCC1. The van der Waals surface area contributed by atoms with Gasteiger partial charge >= 0.3 is 0 Å². The van der Waals surface area contributed by atoms with Gasteiger partial charge in [0.15, 0.2) is 0 Å². The molecular formula is C9H13IO2S. The summed E-state index contributed by atoms with van der Waals surface area (Å²) < 4.78 is 10.3. The lowest BCUT2D eigenvalue weighted by Gasteiger charge is -2.19. The van der Waals surface area contributed by atoms with E-state index in [1.165, 1.54) is 9.21 Å². The van der Waals surface area contributed by atoms with Gasteiger partial charge in [-0.1, -0.05) is 5.92 Å². The molecule has 1 heterocycles. The summed E-state index contributed by atoms with van der Waals surface area (Å²) in [4.78, 5) is 0. The highest BCUT2D eigenvalue weighted by atomic mass is 127. The van der Waals surface area contributed by atoms with Crippen molar-refractivity contribution < 1.29 is 8.92 Å². The fraction of sp³-hybridized carbons (Fsp3) is 0.778. The van der Waals surface area contributed by atoms with Crippen molar-refractivity contribution in [3.05, 3.63) is 0 Å². The first-order chi connectivity index (χ1) is 6.43. The van der Waals surface area contributed by atoms with Gasteiger partial charge in [-0.25, -0.2) is 0 Å². The molecule has 1 fully saturated rings. The number of rotatable bonds is 3. The van der Waals surface area contributed by atoms with Crippen LogP contribution in [-0.4, -0.2) is 19.8 Å². The number of hydrogen-bond acceptors (Lipinski definition) is 3. The summed E-state index contributed by atoms with van der Waals surface area (Å²) in [6, 6.07) is 0. The first-order valence-electron chi connectivity index (χ1n) is 4.37. The molecule has 0 aromatic carbocycles. The van der Waals surface area contributed by atoms with Crippen LogP contribution in [0.3, 0.4) is 0 Å². The maximum atomic E-state index is 5.27. The van der Waals surface area contributed by atoms with Gasteiger partial charge in [-0.3, -0.25) is 4.18 Å².